The molecular weight excluding hydrogens is 396 g/mol. The van der Waals surface area contributed by atoms with Gasteiger partial charge in [-0.1, -0.05) is 6.42 Å². The Morgan fingerprint density at radius 1 is 1.07 bits per heavy atom. The molecule has 0 fully saturated rings. The highest BCUT2D eigenvalue weighted by Gasteiger charge is 2.18. The van der Waals surface area contributed by atoms with E-state index >= 15 is 0 Å². The van der Waals surface area contributed by atoms with Crippen LogP contribution in [-0.2, 0) is 19.6 Å². The van der Waals surface area contributed by atoms with Crippen LogP contribution in [-0.4, -0.2) is 53.3 Å². The third-order valence-corrected chi connectivity index (χ3v) is 5.75. The first-order valence-corrected chi connectivity index (χ1v) is 11.6. The number of sulfonamides is 1. The monoisotopic (exact) mass is 428 g/mol. The Kier molecular flexibility index (Phi) is 9.69. The normalized spacial score (nSPS) is 13.5. The lowest BCUT2D eigenvalue weighted by molar-refractivity contribution is -0.121. The zero-order valence-corrected chi connectivity index (χ0v) is 18.1. The maximum absolute atomic E-state index is 12.4. The molecule has 29 heavy (non-hydrogen) atoms. The van der Waals surface area contributed by atoms with Crippen molar-refractivity contribution >= 4 is 15.9 Å². The smallest absolute Gasteiger partial charge is 0.240 e. The van der Waals surface area contributed by atoms with Gasteiger partial charge in [0.25, 0.3) is 0 Å². The van der Waals surface area contributed by atoms with Crippen molar-refractivity contribution in [3.8, 4) is 11.5 Å². The molecule has 0 aliphatic carbocycles. The van der Waals surface area contributed by atoms with Crippen molar-refractivity contribution in [2.75, 3.05) is 32.9 Å². The van der Waals surface area contributed by atoms with E-state index in [0.29, 0.717) is 57.3 Å². The van der Waals surface area contributed by atoms with Crippen LogP contribution in [0, 0.1) is 0 Å². The van der Waals surface area contributed by atoms with E-state index in [9.17, 15) is 13.2 Å². The van der Waals surface area contributed by atoms with Gasteiger partial charge in [-0.2, -0.15) is 0 Å². The fourth-order valence-electron chi connectivity index (χ4n) is 2.78. The van der Waals surface area contributed by atoms with Gasteiger partial charge in [-0.3, -0.25) is 4.79 Å². The molecule has 0 atom stereocenters. The van der Waals surface area contributed by atoms with Gasteiger partial charge in [0.1, 0.15) is 13.2 Å². The number of hydrogen-bond donors (Lipinski definition) is 2. The van der Waals surface area contributed by atoms with Gasteiger partial charge in [-0.05, 0) is 45.2 Å². The van der Waals surface area contributed by atoms with Crippen molar-refractivity contribution in [2.45, 2.75) is 57.0 Å². The Hall–Kier alpha value is -1.84. The molecule has 0 aromatic heterocycles. The van der Waals surface area contributed by atoms with Gasteiger partial charge in [0.2, 0.25) is 15.9 Å². The molecule has 1 aromatic carbocycles. The highest BCUT2D eigenvalue weighted by molar-refractivity contribution is 7.89. The first-order chi connectivity index (χ1) is 13.9. The van der Waals surface area contributed by atoms with Gasteiger partial charge < -0.3 is 19.5 Å². The fraction of sp³-hybridized carbons (Fsp3) is 0.650. The molecular formula is C20H32N2O6S. The molecule has 0 unspecified atom stereocenters. The first-order valence-electron chi connectivity index (χ1n) is 10.2. The van der Waals surface area contributed by atoms with E-state index < -0.39 is 10.0 Å². The predicted molar refractivity (Wildman–Crippen MR) is 110 cm³/mol. The molecule has 164 valence electrons. The Balaban J connectivity index is 1.58. The number of carbonyl (C=O) groups excluding carboxylic acids is 1. The highest BCUT2D eigenvalue weighted by atomic mass is 32.2. The lowest BCUT2D eigenvalue weighted by Gasteiger charge is -2.18. The molecule has 1 aliphatic heterocycles. The molecule has 0 spiro atoms. The Morgan fingerprint density at radius 3 is 2.59 bits per heavy atom. The van der Waals surface area contributed by atoms with Gasteiger partial charge in [0, 0.05) is 32.2 Å². The number of ether oxygens (including phenoxy) is 3. The lowest BCUT2D eigenvalue weighted by atomic mass is 10.2. The molecule has 1 aliphatic rings. The molecule has 1 amide bonds. The van der Waals surface area contributed by atoms with E-state index in [1.807, 2.05) is 13.8 Å². The summed E-state index contributed by atoms with van der Waals surface area (Å²) in [5.41, 5.74) is 0. The van der Waals surface area contributed by atoms with Gasteiger partial charge >= 0.3 is 0 Å². The number of hydrogen-bond acceptors (Lipinski definition) is 6. The second-order valence-corrected chi connectivity index (χ2v) is 8.90. The summed E-state index contributed by atoms with van der Waals surface area (Å²) in [5.74, 6) is 1.02. The summed E-state index contributed by atoms with van der Waals surface area (Å²) in [7, 11) is -3.60. The average molecular weight is 429 g/mol. The molecule has 1 heterocycles. The number of rotatable bonds is 13. The maximum Gasteiger partial charge on any atom is 0.240 e. The number of unbranched alkanes of at least 4 members (excludes halogenated alkanes) is 2. The van der Waals surface area contributed by atoms with Crippen molar-refractivity contribution in [1.29, 1.82) is 0 Å². The number of amides is 1. The predicted octanol–water partition coefficient (Wildman–Crippen LogP) is 2.23. The minimum absolute atomic E-state index is 0.0198. The van der Waals surface area contributed by atoms with Crippen LogP contribution in [0.1, 0.15) is 46.0 Å². The molecule has 8 nitrogen and oxygen atoms in total. The van der Waals surface area contributed by atoms with Crippen molar-refractivity contribution in [2.24, 2.45) is 0 Å². The summed E-state index contributed by atoms with van der Waals surface area (Å²) in [6, 6.07) is 4.59. The van der Waals surface area contributed by atoms with Crippen LogP contribution in [0.25, 0.3) is 0 Å². The summed E-state index contributed by atoms with van der Waals surface area (Å²) >= 11 is 0. The summed E-state index contributed by atoms with van der Waals surface area (Å²) in [6.45, 7) is 6.41. The van der Waals surface area contributed by atoms with Crippen LogP contribution < -0.4 is 19.5 Å². The van der Waals surface area contributed by atoms with Crippen molar-refractivity contribution in [1.82, 2.24) is 10.0 Å². The van der Waals surface area contributed by atoms with Crippen LogP contribution in [0.15, 0.2) is 23.1 Å². The number of fused-ring (bicyclic) bond motifs is 1. The van der Waals surface area contributed by atoms with Crippen LogP contribution in [0.2, 0.25) is 0 Å². The molecule has 0 radical (unpaired) electrons. The zero-order valence-electron chi connectivity index (χ0n) is 17.2. The summed E-state index contributed by atoms with van der Waals surface area (Å²) < 4.78 is 43.6. The summed E-state index contributed by atoms with van der Waals surface area (Å²) in [6.07, 6.45) is 3.61. The van der Waals surface area contributed by atoms with Crippen molar-refractivity contribution in [3.05, 3.63) is 18.2 Å². The number of nitrogens with one attached hydrogen (secondary N) is 2. The molecule has 2 rings (SSSR count). The zero-order chi connectivity index (χ0) is 21.1. The molecule has 0 saturated carbocycles. The standard InChI is InChI=1S/C20H32N2O6S/c1-16(2)26-12-6-10-21-20(23)7-4-3-5-11-22-29(24,25)17-8-9-18-19(15-17)28-14-13-27-18/h8-9,15-16,22H,3-7,10-14H2,1-2H3,(H,21,23). The quantitative estimate of drug-likeness (QED) is 0.467. The fourth-order valence-corrected chi connectivity index (χ4v) is 3.86. The van der Waals surface area contributed by atoms with Crippen LogP contribution in [0.4, 0.5) is 0 Å². The Morgan fingerprint density at radius 2 is 1.83 bits per heavy atom. The molecule has 0 saturated heterocycles. The molecule has 2 N–H and O–H groups in total. The Labute approximate surface area is 173 Å². The van der Waals surface area contributed by atoms with E-state index in [4.69, 9.17) is 14.2 Å². The molecule has 9 heteroatoms. The Bertz CT molecular complexity index is 751. The van der Waals surface area contributed by atoms with Crippen LogP contribution >= 0.6 is 0 Å². The number of carbonyl (C=O) groups is 1. The van der Waals surface area contributed by atoms with E-state index in [1.165, 1.54) is 12.1 Å². The second kappa shape index (κ2) is 12.0. The van der Waals surface area contributed by atoms with E-state index in [2.05, 4.69) is 10.0 Å². The van der Waals surface area contributed by atoms with Gasteiger partial charge in [-0.15, -0.1) is 0 Å². The maximum atomic E-state index is 12.4. The van der Waals surface area contributed by atoms with E-state index in [1.54, 1.807) is 6.07 Å². The van der Waals surface area contributed by atoms with Crippen LogP contribution in [0.5, 0.6) is 11.5 Å². The van der Waals surface area contributed by atoms with Crippen molar-refractivity contribution in [3.63, 3.8) is 0 Å². The minimum Gasteiger partial charge on any atom is -0.486 e. The third-order valence-electron chi connectivity index (χ3n) is 4.29. The first kappa shape index (κ1) is 23.4. The SMILES string of the molecule is CC(C)OCCCNC(=O)CCCCCNS(=O)(=O)c1ccc2c(c1)OCCO2. The summed E-state index contributed by atoms with van der Waals surface area (Å²) in [5, 5.41) is 2.87. The number of benzene rings is 1. The van der Waals surface area contributed by atoms with E-state index in [0.717, 1.165) is 19.3 Å². The molecule has 1 aromatic rings. The second-order valence-electron chi connectivity index (χ2n) is 7.14. The van der Waals surface area contributed by atoms with E-state index in [-0.39, 0.29) is 16.9 Å². The third kappa shape index (κ3) is 8.59. The lowest BCUT2D eigenvalue weighted by Crippen LogP contribution is -2.26. The highest BCUT2D eigenvalue weighted by Crippen LogP contribution is 2.32. The molecule has 0 bridgehead atoms. The van der Waals surface area contributed by atoms with Crippen molar-refractivity contribution < 1.29 is 27.4 Å². The minimum atomic E-state index is -3.60. The summed E-state index contributed by atoms with van der Waals surface area (Å²) in [4.78, 5) is 11.9. The van der Waals surface area contributed by atoms with Gasteiger partial charge in [-0.25, -0.2) is 13.1 Å². The topological polar surface area (TPSA) is 103 Å². The van der Waals surface area contributed by atoms with Crippen LogP contribution in [0.3, 0.4) is 0 Å². The largest absolute Gasteiger partial charge is 0.486 e. The van der Waals surface area contributed by atoms with Gasteiger partial charge in [0.15, 0.2) is 11.5 Å². The van der Waals surface area contributed by atoms with Gasteiger partial charge in [0.05, 0.1) is 11.0 Å². The average Bonchev–Trinajstić information content (AvgIpc) is 2.69.